The van der Waals surface area contributed by atoms with Gasteiger partial charge in [0.25, 0.3) is 0 Å². The molecule has 1 saturated heterocycles. The number of likely N-dealkylation sites (tertiary alicyclic amines) is 1. The van der Waals surface area contributed by atoms with E-state index in [1.54, 1.807) is 6.07 Å². The monoisotopic (exact) mass is 352 g/mol. The van der Waals surface area contributed by atoms with Crippen LogP contribution in [0.5, 0.6) is 5.75 Å². The van der Waals surface area contributed by atoms with E-state index in [-0.39, 0.29) is 17.9 Å². The molecule has 1 aliphatic rings. The van der Waals surface area contributed by atoms with E-state index in [0.29, 0.717) is 49.7 Å². The molecular weight excluding hydrogens is 328 g/mol. The summed E-state index contributed by atoms with van der Waals surface area (Å²) in [5.41, 5.74) is 0. The molecule has 1 N–H and O–H groups in total. The molecule has 1 aromatic rings. The highest BCUT2D eigenvalue weighted by atomic mass is 35.5. The van der Waals surface area contributed by atoms with E-state index < -0.39 is 0 Å². The summed E-state index contributed by atoms with van der Waals surface area (Å²) < 4.78 is 5.60. The van der Waals surface area contributed by atoms with Gasteiger partial charge in [-0.25, -0.2) is 0 Å². The van der Waals surface area contributed by atoms with Gasteiger partial charge in [0, 0.05) is 32.0 Å². The number of carbonyl (C=O) groups excluding carboxylic acids is 2. The molecule has 1 fully saturated rings. The van der Waals surface area contributed by atoms with E-state index in [9.17, 15) is 9.59 Å². The van der Waals surface area contributed by atoms with Crippen molar-refractivity contribution in [3.05, 3.63) is 29.3 Å². The van der Waals surface area contributed by atoms with Crippen LogP contribution in [0.2, 0.25) is 5.02 Å². The van der Waals surface area contributed by atoms with Crippen LogP contribution in [-0.2, 0) is 9.59 Å². The van der Waals surface area contributed by atoms with Crippen molar-refractivity contribution in [1.29, 1.82) is 0 Å². The maximum Gasteiger partial charge on any atom is 0.222 e. The number of nitrogens with zero attached hydrogens (tertiary/aromatic N) is 1. The maximum absolute atomic E-state index is 12.2. The Morgan fingerprint density at radius 3 is 2.67 bits per heavy atom. The number of amides is 2. The first-order chi connectivity index (χ1) is 11.6. The molecule has 0 bridgehead atoms. The second-order valence-electron chi connectivity index (χ2n) is 5.96. The lowest BCUT2D eigenvalue weighted by atomic mass is 10.0. The quantitative estimate of drug-likeness (QED) is 0.767. The lowest BCUT2D eigenvalue weighted by molar-refractivity contribution is -0.132. The molecule has 1 aliphatic heterocycles. The first-order valence-electron chi connectivity index (χ1n) is 8.54. The van der Waals surface area contributed by atoms with Crippen LogP contribution in [-0.4, -0.2) is 42.5 Å². The van der Waals surface area contributed by atoms with Crippen molar-refractivity contribution < 1.29 is 14.3 Å². The topological polar surface area (TPSA) is 58.6 Å². The fourth-order valence-corrected chi connectivity index (χ4v) is 2.92. The minimum atomic E-state index is 0.0801. The lowest BCUT2D eigenvalue weighted by Crippen LogP contribution is -2.46. The van der Waals surface area contributed by atoms with E-state index in [0.717, 1.165) is 12.8 Å². The smallest absolute Gasteiger partial charge is 0.222 e. The number of rotatable bonds is 7. The number of benzene rings is 1. The molecule has 5 nitrogen and oxygen atoms in total. The minimum absolute atomic E-state index is 0.0801. The Morgan fingerprint density at radius 2 is 2.00 bits per heavy atom. The van der Waals surface area contributed by atoms with Gasteiger partial charge >= 0.3 is 0 Å². The van der Waals surface area contributed by atoms with Crippen LogP contribution in [0, 0.1) is 0 Å². The fourth-order valence-electron chi connectivity index (χ4n) is 2.73. The van der Waals surface area contributed by atoms with Crippen molar-refractivity contribution >= 4 is 23.4 Å². The summed E-state index contributed by atoms with van der Waals surface area (Å²) in [6.07, 6.45) is 3.29. The molecule has 132 valence electrons. The summed E-state index contributed by atoms with van der Waals surface area (Å²) in [5.74, 6) is 0.883. The maximum atomic E-state index is 12.2. The summed E-state index contributed by atoms with van der Waals surface area (Å²) in [5, 5.41) is 3.58. The van der Waals surface area contributed by atoms with Crippen LogP contribution in [0.4, 0.5) is 0 Å². The highest BCUT2D eigenvalue weighted by molar-refractivity contribution is 6.32. The number of hydrogen-bond acceptors (Lipinski definition) is 3. The summed E-state index contributed by atoms with van der Waals surface area (Å²) in [6.45, 7) is 3.73. The zero-order valence-electron chi connectivity index (χ0n) is 14.1. The molecule has 1 aromatic carbocycles. The molecule has 0 aliphatic carbocycles. The molecule has 1 heterocycles. The summed E-state index contributed by atoms with van der Waals surface area (Å²) >= 11 is 6.02. The highest BCUT2D eigenvalue weighted by Crippen LogP contribution is 2.23. The SMILES string of the molecule is CCC(=O)NC1CCN(C(=O)CCCOc2ccccc2Cl)CC1. The Morgan fingerprint density at radius 1 is 1.29 bits per heavy atom. The Hall–Kier alpha value is -1.75. The third-order valence-corrected chi connectivity index (χ3v) is 4.48. The largest absolute Gasteiger partial charge is 0.492 e. The van der Waals surface area contributed by atoms with Crippen LogP contribution in [0.25, 0.3) is 0 Å². The first-order valence-corrected chi connectivity index (χ1v) is 8.92. The van der Waals surface area contributed by atoms with Gasteiger partial charge < -0.3 is 15.0 Å². The number of piperidine rings is 1. The molecule has 0 radical (unpaired) electrons. The normalized spacial score (nSPS) is 15.2. The molecule has 2 amide bonds. The minimum Gasteiger partial charge on any atom is -0.492 e. The summed E-state index contributed by atoms with van der Waals surface area (Å²) in [4.78, 5) is 25.5. The molecule has 0 saturated carbocycles. The molecule has 24 heavy (non-hydrogen) atoms. The van der Waals surface area contributed by atoms with Gasteiger partial charge in [-0.05, 0) is 31.4 Å². The van der Waals surface area contributed by atoms with E-state index >= 15 is 0 Å². The Labute approximate surface area is 148 Å². The van der Waals surface area contributed by atoms with Crippen molar-refractivity contribution in [2.24, 2.45) is 0 Å². The van der Waals surface area contributed by atoms with Gasteiger partial charge in [0.1, 0.15) is 5.75 Å². The Bertz CT molecular complexity index is 557. The van der Waals surface area contributed by atoms with Gasteiger partial charge in [-0.3, -0.25) is 9.59 Å². The molecule has 0 unspecified atom stereocenters. The van der Waals surface area contributed by atoms with Crippen molar-refractivity contribution in [1.82, 2.24) is 10.2 Å². The van der Waals surface area contributed by atoms with Gasteiger partial charge in [0.05, 0.1) is 11.6 Å². The molecule has 0 atom stereocenters. The van der Waals surface area contributed by atoms with Crippen LogP contribution in [0.1, 0.15) is 39.0 Å². The average molecular weight is 353 g/mol. The van der Waals surface area contributed by atoms with Crippen LogP contribution in [0.3, 0.4) is 0 Å². The third-order valence-electron chi connectivity index (χ3n) is 4.16. The van der Waals surface area contributed by atoms with E-state index in [1.165, 1.54) is 0 Å². The predicted molar refractivity (Wildman–Crippen MR) is 94.2 cm³/mol. The highest BCUT2D eigenvalue weighted by Gasteiger charge is 2.23. The van der Waals surface area contributed by atoms with Gasteiger partial charge in [0.15, 0.2) is 0 Å². The molecule has 6 heteroatoms. The molecular formula is C18H25ClN2O3. The molecule has 2 rings (SSSR count). The van der Waals surface area contributed by atoms with E-state index in [2.05, 4.69) is 5.32 Å². The molecule has 0 aromatic heterocycles. The Balaban J connectivity index is 1.63. The van der Waals surface area contributed by atoms with E-state index in [1.807, 2.05) is 30.0 Å². The lowest BCUT2D eigenvalue weighted by Gasteiger charge is -2.32. The third kappa shape index (κ3) is 5.71. The van der Waals surface area contributed by atoms with Crippen LogP contribution < -0.4 is 10.1 Å². The summed E-state index contributed by atoms with van der Waals surface area (Å²) in [6, 6.07) is 7.52. The van der Waals surface area contributed by atoms with Gasteiger partial charge in [-0.1, -0.05) is 30.7 Å². The Kier molecular flexibility index (Phi) is 7.37. The first kappa shape index (κ1) is 18.6. The molecule has 0 spiro atoms. The van der Waals surface area contributed by atoms with Crippen LogP contribution in [0.15, 0.2) is 24.3 Å². The standard InChI is InChI=1S/C18H25ClN2O3/c1-2-17(22)20-14-9-11-21(12-10-14)18(23)8-5-13-24-16-7-4-3-6-15(16)19/h3-4,6-7,14H,2,5,8-13H2,1H3,(H,20,22). The second kappa shape index (κ2) is 9.52. The van der Waals surface area contributed by atoms with Gasteiger partial charge in [0.2, 0.25) is 11.8 Å². The zero-order valence-corrected chi connectivity index (χ0v) is 14.8. The van der Waals surface area contributed by atoms with E-state index in [4.69, 9.17) is 16.3 Å². The van der Waals surface area contributed by atoms with Crippen LogP contribution >= 0.6 is 11.6 Å². The number of carbonyl (C=O) groups is 2. The number of hydrogen-bond donors (Lipinski definition) is 1. The average Bonchev–Trinajstić information content (AvgIpc) is 2.60. The number of ether oxygens (including phenoxy) is 1. The summed E-state index contributed by atoms with van der Waals surface area (Å²) in [7, 11) is 0. The van der Waals surface area contributed by atoms with Crippen molar-refractivity contribution in [2.75, 3.05) is 19.7 Å². The van der Waals surface area contributed by atoms with Crippen molar-refractivity contribution in [2.45, 2.75) is 45.1 Å². The predicted octanol–water partition coefficient (Wildman–Crippen LogP) is 3.02. The second-order valence-corrected chi connectivity index (χ2v) is 6.37. The van der Waals surface area contributed by atoms with Crippen molar-refractivity contribution in [3.63, 3.8) is 0 Å². The number of halogens is 1. The number of para-hydroxylation sites is 1. The number of nitrogens with one attached hydrogen (secondary N) is 1. The van der Waals surface area contributed by atoms with Gasteiger partial charge in [-0.15, -0.1) is 0 Å². The van der Waals surface area contributed by atoms with Gasteiger partial charge in [-0.2, -0.15) is 0 Å². The zero-order chi connectivity index (χ0) is 17.4. The fraction of sp³-hybridized carbons (Fsp3) is 0.556. The van der Waals surface area contributed by atoms with Crippen molar-refractivity contribution in [3.8, 4) is 5.75 Å².